The van der Waals surface area contributed by atoms with Crippen LogP contribution >= 0.6 is 7.60 Å². The third-order valence-electron chi connectivity index (χ3n) is 6.15. The van der Waals surface area contributed by atoms with Crippen molar-refractivity contribution in [2.75, 3.05) is 11.4 Å². The standard InChI is InChI=1S/C29H28NO3P/c31-34(32-22-24-12-4-1-5-13-24,33-23-25-14-6-2-7-15-25)29-28-19-11-10-16-26(28)20-21-30(29)27-17-8-3-9-18-27/h1-19,29H,20-23H2. The second-order valence-corrected chi connectivity index (χ2v) is 10.5. The number of rotatable bonds is 8. The summed E-state index contributed by atoms with van der Waals surface area (Å²) < 4.78 is 27.3. The molecule has 1 heterocycles. The van der Waals surface area contributed by atoms with Crippen LogP contribution in [0.15, 0.2) is 115 Å². The molecule has 0 spiro atoms. The fraction of sp³-hybridized carbons (Fsp3) is 0.172. The van der Waals surface area contributed by atoms with Crippen LogP contribution in [0.5, 0.6) is 0 Å². The van der Waals surface area contributed by atoms with Crippen molar-refractivity contribution in [1.29, 1.82) is 0 Å². The molecule has 0 aliphatic carbocycles. The normalized spacial score (nSPS) is 15.6. The van der Waals surface area contributed by atoms with Crippen molar-refractivity contribution in [2.24, 2.45) is 0 Å². The molecule has 1 unspecified atom stereocenters. The van der Waals surface area contributed by atoms with Crippen LogP contribution in [0.3, 0.4) is 0 Å². The monoisotopic (exact) mass is 469 g/mol. The Kier molecular flexibility index (Phi) is 6.92. The lowest BCUT2D eigenvalue weighted by Crippen LogP contribution is -2.36. The molecule has 0 aromatic heterocycles. The Hall–Kier alpha value is -3.17. The second kappa shape index (κ2) is 10.4. The highest BCUT2D eigenvalue weighted by atomic mass is 31.2. The highest BCUT2D eigenvalue weighted by Gasteiger charge is 2.44. The van der Waals surface area contributed by atoms with Crippen LogP contribution in [-0.4, -0.2) is 6.54 Å². The van der Waals surface area contributed by atoms with E-state index in [-0.39, 0.29) is 13.2 Å². The van der Waals surface area contributed by atoms with Gasteiger partial charge in [0.2, 0.25) is 0 Å². The third-order valence-corrected chi connectivity index (χ3v) is 8.28. The number of benzene rings is 4. The number of hydrogen-bond donors (Lipinski definition) is 0. The number of para-hydroxylation sites is 1. The second-order valence-electron chi connectivity index (χ2n) is 8.41. The molecule has 0 saturated heterocycles. The van der Waals surface area contributed by atoms with Gasteiger partial charge < -0.3 is 13.9 Å². The van der Waals surface area contributed by atoms with E-state index < -0.39 is 13.4 Å². The maximum absolute atomic E-state index is 14.8. The summed E-state index contributed by atoms with van der Waals surface area (Å²) in [4.78, 5) is 2.18. The maximum atomic E-state index is 14.8. The molecule has 0 bridgehead atoms. The molecule has 0 N–H and O–H groups in total. The summed E-state index contributed by atoms with van der Waals surface area (Å²) in [6.45, 7) is 1.17. The summed E-state index contributed by atoms with van der Waals surface area (Å²) in [6, 6.07) is 38.0. The average Bonchev–Trinajstić information content (AvgIpc) is 2.92. The Morgan fingerprint density at radius 2 is 1.18 bits per heavy atom. The Morgan fingerprint density at radius 3 is 1.76 bits per heavy atom. The summed E-state index contributed by atoms with van der Waals surface area (Å²) in [6.07, 6.45) is 0.874. The molecule has 172 valence electrons. The summed E-state index contributed by atoms with van der Waals surface area (Å²) in [5.41, 5.74) is 5.12. The Balaban J connectivity index is 1.55. The van der Waals surface area contributed by atoms with Crippen LogP contribution in [0.1, 0.15) is 28.0 Å². The van der Waals surface area contributed by atoms with Gasteiger partial charge in [0.1, 0.15) is 0 Å². The molecule has 1 atom stereocenters. The Labute approximate surface area is 201 Å². The average molecular weight is 470 g/mol. The van der Waals surface area contributed by atoms with Gasteiger partial charge in [0.05, 0.1) is 13.2 Å². The fourth-order valence-electron chi connectivity index (χ4n) is 4.43. The van der Waals surface area contributed by atoms with E-state index in [0.717, 1.165) is 35.3 Å². The summed E-state index contributed by atoms with van der Waals surface area (Å²) in [7, 11) is -3.65. The van der Waals surface area contributed by atoms with Crippen LogP contribution in [0, 0.1) is 0 Å². The summed E-state index contributed by atoms with van der Waals surface area (Å²) >= 11 is 0. The van der Waals surface area contributed by atoms with Gasteiger partial charge in [-0.1, -0.05) is 103 Å². The molecule has 5 rings (SSSR count). The van der Waals surface area contributed by atoms with E-state index in [1.54, 1.807) is 0 Å². The molecule has 4 nitrogen and oxygen atoms in total. The van der Waals surface area contributed by atoms with Gasteiger partial charge in [-0.05, 0) is 40.8 Å². The van der Waals surface area contributed by atoms with Crippen LogP contribution in [0.4, 0.5) is 5.69 Å². The predicted molar refractivity (Wildman–Crippen MR) is 137 cm³/mol. The van der Waals surface area contributed by atoms with E-state index in [0.29, 0.717) is 0 Å². The van der Waals surface area contributed by atoms with Crippen molar-refractivity contribution < 1.29 is 13.6 Å². The summed E-state index contributed by atoms with van der Waals surface area (Å²) in [5, 5.41) is 0. The molecule has 4 aromatic rings. The Bertz CT molecular complexity index is 1200. The minimum Gasteiger partial charge on any atom is -0.353 e. The zero-order valence-corrected chi connectivity index (χ0v) is 19.9. The number of fused-ring (bicyclic) bond motifs is 1. The topological polar surface area (TPSA) is 38.8 Å². The molecule has 0 radical (unpaired) electrons. The molecule has 0 amide bonds. The van der Waals surface area contributed by atoms with E-state index in [2.05, 4.69) is 29.2 Å². The number of hydrogen-bond acceptors (Lipinski definition) is 4. The third kappa shape index (κ3) is 5.00. The van der Waals surface area contributed by atoms with Gasteiger partial charge in [-0.15, -0.1) is 0 Å². The molecule has 4 aromatic carbocycles. The van der Waals surface area contributed by atoms with Crippen LogP contribution in [0.2, 0.25) is 0 Å². The van der Waals surface area contributed by atoms with Crippen molar-refractivity contribution in [3.05, 3.63) is 138 Å². The first kappa shape index (κ1) is 22.6. The lowest BCUT2D eigenvalue weighted by Gasteiger charge is -2.41. The van der Waals surface area contributed by atoms with Gasteiger partial charge in [0.25, 0.3) is 0 Å². The van der Waals surface area contributed by atoms with Crippen LogP contribution < -0.4 is 4.90 Å². The first-order valence-corrected chi connectivity index (χ1v) is 13.2. The molecule has 1 aliphatic rings. The van der Waals surface area contributed by atoms with Crippen molar-refractivity contribution in [3.63, 3.8) is 0 Å². The van der Waals surface area contributed by atoms with E-state index >= 15 is 0 Å². The van der Waals surface area contributed by atoms with E-state index in [9.17, 15) is 4.57 Å². The highest BCUT2D eigenvalue weighted by molar-refractivity contribution is 7.54. The summed E-state index contributed by atoms with van der Waals surface area (Å²) in [5.74, 6) is -0.535. The predicted octanol–water partition coefficient (Wildman–Crippen LogP) is 7.37. The van der Waals surface area contributed by atoms with Gasteiger partial charge in [-0.2, -0.15) is 0 Å². The van der Waals surface area contributed by atoms with Gasteiger partial charge in [0.15, 0.2) is 5.78 Å². The van der Waals surface area contributed by atoms with Crippen LogP contribution in [-0.2, 0) is 33.2 Å². The SMILES string of the molecule is O=P(OCc1ccccc1)(OCc1ccccc1)C1c2ccccc2CCN1c1ccccc1. The van der Waals surface area contributed by atoms with Crippen molar-refractivity contribution >= 4 is 13.3 Å². The molecule has 34 heavy (non-hydrogen) atoms. The molecular formula is C29H28NO3P. The van der Waals surface area contributed by atoms with E-state index in [1.165, 1.54) is 5.56 Å². The lowest BCUT2D eigenvalue weighted by molar-refractivity contribution is 0.182. The fourth-order valence-corrected chi connectivity index (χ4v) is 6.63. The van der Waals surface area contributed by atoms with E-state index in [1.807, 2.05) is 91.0 Å². The minimum atomic E-state index is -3.65. The van der Waals surface area contributed by atoms with Gasteiger partial charge >= 0.3 is 7.60 Å². The van der Waals surface area contributed by atoms with Gasteiger partial charge in [-0.25, -0.2) is 0 Å². The highest BCUT2D eigenvalue weighted by Crippen LogP contribution is 2.65. The first-order chi connectivity index (χ1) is 16.7. The van der Waals surface area contributed by atoms with Gasteiger partial charge in [0, 0.05) is 12.2 Å². The van der Waals surface area contributed by atoms with Crippen molar-refractivity contribution in [2.45, 2.75) is 25.4 Å². The zero-order chi connectivity index (χ0) is 23.2. The van der Waals surface area contributed by atoms with E-state index in [4.69, 9.17) is 9.05 Å². The number of anilines is 1. The zero-order valence-electron chi connectivity index (χ0n) is 19.0. The smallest absolute Gasteiger partial charge is 0.353 e. The van der Waals surface area contributed by atoms with Crippen molar-refractivity contribution in [3.8, 4) is 0 Å². The first-order valence-electron chi connectivity index (χ1n) is 11.6. The molecule has 1 aliphatic heterocycles. The number of nitrogens with zero attached hydrogens (tertiary/aromatic N) is 1. The molecule has 5 heteroatoms. The maximum Gasteiger partial charge on any atom is 0.358 e. The molecule has 0 saturated carbocycles. The van der Waals surface area contributed by atoms with Crippen LogP contribution in [0.25, 0.3) is 0 Å². The largest absolute Gasteiger partial charge is 0.358 e. The Morgan fingerprint density at radius 1 is 0.676 bits per heavy atom. The molecular weight excluding hydrogens is 441 g/mol. The minimum absolute atomic E-state index is 0.216. The quantitative estimate of drug-likeness (QED) is 0.253. The van der Waals surface area contributed by atoms with Gasteiger partial charge in [-0.3, -0.25) is 4.57 Å². The van der Waals surface area contributed by atoms with Crippen molar-refractivity contribution in [1.82, 2.24) is 0 Å². The molecule has 0 fully saturated rings. The lowest BCUT2D eigenvalue weighted by atomic mass is 9.99.